The SMILES string of the molecule is O=C1c2ccc3c4c(ccc(c24)C(=O)N1CCO)C(=O)N(c1ccc(CCO)cc1)C3=O. The van der Waals surface area contributed by atoms with Crippen LogP contribution in [-0.4, -0.2) is 58.5 Å². The van der Waals surface area contributed by atoms with E-state index >= 15 is 0 Å². The van der Waals surface area contributed by atoms with Crippen molar-refractivity contribution in [2.45, 2.75) is 6.42 Å². The third-order valence-electron chi connectivity index (χ3n) is 5.90. The summed E-state index contributed by atoms with van der Waals surface area (Å²) in [5, 5.41) is 18.9. The average Bonchev–Trinajstić information content (AvgIpc) is 2.80. The van der Waals surface area contributed by atoms with Crippen LogP contribution in [0.5, 0.6) is 0 Å². The van der Waals surface area contributed by atoms with Gasteiger partial charge < -0.3 is 10.2 Å². The number of carbonyl (C=O) groups is 4. The second-order valence-corrected chi connectivity index (χ2v) is 7.64. The molecule has 0 unspecified atom stereocenters. The normalized spacial score (nSPS) is 15.2. The minimum absolute atomic E-state index is 0.00582. The zero-order chi connectivity index (χ0) is 22.6. The first-order chi connectivity index (χ1) is 15.5. The Morgan fingerprint density at radius 2 is 1.06 bits per heavy atom. The van der Waals surface area contributed by atoms with Gasteiger partial charge in [-0.2, -0.15) is 0 Å². The molecule has 8 nitrogen and oxygen atoms in total. The summed E-state index contributed by atoms with van der Waals surface area (Å²) < 4.78 is 0. The Morgan fingerprint density at radius 1 is 0.594 bits per heavy atom. The lowest BCUT2D eigenvalue weighted by molar-refractivity contribution is 0.0579. The number of hydrogen-bond acceptors (Lipinski definition) is 6. The number of β-amino-alcohol motifs (C(OH)–C–C–N with tert-alkyl or cyclic N) is 1. The van der Waals surface area contributed by atoms with Gasteiger partial charge in [0, 0.05) is 39.6 Å². The van der Waals surface area contributed by atoms with E-state index in [0.29, 0.717) is 22.9 Å². The van der Waals surface area contributed by atoms with Gasteiger partial charge in [-0.25, -0.2) is 4.90 Å². The molecule has 8 heteroatoms. The highest BCUT2D eigenvalue weighted by molar-refractivity contribution is 6.39. The lowest BCUT2D eigenvalue weighted by Crippen LogP contribution is -2.44. The molecule has 4 amide bonds. The van der Waals surface area contributed by atoms with Gasteiger partial charge in [0.15, 0.2) is 0 Å². The fourth-order valence-electron chi connectivity index (χ4n) is 4.40. The number of imide groups is 2. The summed E-state index contributed by atoms with van der Waals surface area (Å²) >= 11 is 0. The van der Waals surface area contributed by atoms with E-state index in [9.17, 15) is 24.3 Å². The molecule has 2 aliphatic heterocycles. The van der Waals surface area contributed by atoms with Crippen LogP contribution in [0.15, 0.2) is 48.5 Å². The molecule has 2 N–H and O–H groups in total. The number of amides is 4. The molecule has 0 aliphatic carbocycles. The van der Waals surface area contributed by atoms with Crippen LogP contribution < -0.4 is 4.90 Å². The Hall–Kier alpha value is -3.88. The summed E-state index contributed by atoms with van der Waals surface area (Å²) in [6.07, 6.45) is 0.464. The van der Waals surface area contributed by atoms with Gasteiger partial charge in [0.25, 0.3) is 23.6 Å². The van der Waals surface area contributed by atoms with Crippen molar-refractivity contribution in [1.82, 2.24) is 4.90 Å². The van der Waals surface area contributed by atoms with Gasteiger partial charge in [-0.1, -0.05) is 12.1 Å². The van der Waals surface area contributed by atoms with Crippen molar-refractivity contribution >= 4 is 40.1 Å². The van der Waals surface area contributed by atoms with Gasteiger partial charge in [0.05, 0.1) is 18.8 Å². The molecule has 0 saturated heterocycles. The van der Waals surface area contributed by atoms with E-state index in [1.807, 2.05) is 0 Å². The smallest absolute Gasteiger partial charge is 0.265 e. The highest BCUT2D eigenvalue weighted by Crippen LogP contribution is 2.38. The van der Waals surface area contributed by atoms with E-state index in [2.05, 4.69) is 0 Å². The van der Waals surface area contributed by atoms with Crippen molar-refractivity contribution in [1.29, 1.82) is 0 Å². The van der Waals surface area contributed by atoms with Crippen LogP contribution in [0.3, 0.4) is 0 Å². The molecule has 0 atom stereocenters. The second-order valence-electron chi connectivity index (χ2n) is 7.64. The first kappa shape index (κ1) is 20.0. The molecular weight excluding hydrogens is 412 g/mol. The Kier molecular flexibility index (Phi) is 4.61. The van der Waals surface area contributed by atoms with Crippen molar-refractivity contribution in [2.24, 2.45) is 0 Å². The number of rotatable bonds is 5. The first-order valence-electron chi connectivity index (χ1n) is 10.1. The summed E-state index contributed by atoms with van der Waals surface area (Å²) in [6.45, 7) is -0.511. The third-order valence-corrected chi connectivity index (χ3v) is 5.90. The zero-order valence-electron chi connectivity index (χ0n) is 16.9. The summed E-state index contributed by atoms with van der Waals surface area (Å²) in [5.41, 5.74) is 2.16. The standard InChI is InChI=1S/C24H18N2O6/c27-11-9-13-1-3-14(4-2-13)26-23(31)17-7-5-15-19-16(6-8-18(20(17)19)24(26)32)22(30)25(10-12-28)21(15)29/h1-8,27-28H,9-12H2. The summed E-state index contributed by atoms with van der Waals surface area (Å²) in [4.78, 5) is 54.4. The summed E-state index contributed by atoms with van der Waals surface area (Å²) in [5.74, 6) is -2.22. The molecule has 32 heavy (non-hydrogen) atoms. The lowest BCUT2D eigenvalue weighted by atomic mass is 9.86. The lowest BCUT2D eigenvalue weighted by Gasteiger charge is -2.31. The molecular formula is C24H18N2O6. The molecule has 0 radical (unpaired) electrons. The number of aliphatic hydroxyl groups excluding tert-OH is 2. The molecule has 160 valence electrons. The average molecular weight is 430 g/mol. The number of benzene rings is 3. The van der Waals surface area contributed by atoms with Crippen molar-refractivity contribution in [2.75, 3.05) is 24.7 Å². The third kappa shape index (κ3) is 2.70. The Bertz CT molecular complexity index is 1260. The minimum atomic E-state index is -0.568. The fraction of sp³-hybridized carbons (Fsp3) is 0.167. The summed E-state index contributed by atoms with van der Waals surface area (Å²) in [6, 6.07) is 12.8. The molecule has 5 rings (SSSR count). The molecule has 2 aliphatic rings. The van der Waals surface area contributed by atoms with Crippen LogP contribution in [0.4, 0.5) is 5.69 Å². The van der Waals surface area contributed by atoms with E-state index in [1.165, 1.54) is 24.3 Å². The maximum absolute atomic E-state index is 13.3. The molecule has 0 saturated carbocycles. The molecule has 0 fully saturated rings. The number of hydrogen-bond donors (Lipinski definition) is 2. The van der Waals surface area contributed by atoms with E-state index in [0.717, 1.165) is 15.4 Å². The predicted molar refractivity (Wildman–Crippen MR) is 115 cm³/mol. The molecule has 0 bridgehead atoms. The Labute approximate surface area is 182 Å². The van der Waals surface area contributed by atoms with Gasteiger partial charge >= 0.3 is 0 Å². The molecule has 3 aromatic carbocycles. The second kappa shape index (κ2) is 7.37. The minimum Gasteiger partial charge on any atom is -0.396 e. The van der Waals surface area contributed by atoms with Gasteiger partial charge in [0.1, 0.15) is 0 Å². The van der Waals surface area contributed by atoms with Crippen LogP contribution in [0, 0.1) is 0 Å². The topological polar surface area (TPSA) is 115 Å². The zero-order valence-corrected chi connectivity index (χ0v) is 16.9. The van der Waals surface area contributed by atoms with E-state index in [1.54, 1.807) is 24.3 Å². The molecule has 2 heterocycles. The highest BCUT2D eigenvalue weighted by Gasteiger charge is 2.39. The Balaban J connectivity index is 1.67. The van der Waals surface area contributed by atoms with Gasteiger partial charge in [-0.05, 0) is 48.4 Å². The number of carbonyl (C=O) groups excluding carboxylic acids is 4. The van der Waals surface area contributed by atoms with Crippen molar-refractivity contribution < 1.29 is 29.4 Å². The maximum Gasteiger partial charge on any atom is 0.265 e. The van der Waals surface area contributed by atoms with Crippen LogP contribution in [0.25, 0.3) is 10.8 Å². The highest BCUT2D eigenvalue weighted by atomic mass is 16.3. The maximum atomic E-state index is 13.3. The quantitative estimate of drug-likeness (QED) is 0.596. The monoisotopic (exact) mass is 430 g/mol. The van der Waals surface area contributed by atoms with Gasteiger partial charge in [-0.15, -0.1) is 0 Å². The van der Waals surface area contributed by atoms with Crippen molar-refractivity contribution in [3.8, 4) is 0 Å². The number of aliphatic hydroxyl groups is 2. The van der Waals surface area contributed by atoms with Crippen LogP contribution >= 0.6 is 0 Å². The van der Waals surface area contributed by atoms with Crippen molar-refractivity contribution in [3.05, 3.63) is 76.3 Å². The molecule has 0 aromatic heterocycles. The largest absolute Gasteiger partial charge is 0.396 e. The van der Waals surface area contributed by atoms with Crippen LogP contribution in [0.2, 0.25) is 0 Å². The summed E-state index contributed by atoms with van der Waals surface area (Å²) in [7, 11) is 0. The van der Waals surface area contributed by atoms with Crippen LogP contribution in [0.1, 0.15) is 47.0 Å². The van der Waals surface area contributed by atoms with Gasteiger partial charge in [-0.3, -0.25) is 24.1 Å². The van der Waals surface area contributed by atoms with E-state index < -0.39 is 23.6 Å². The van der Waals surface area contributed by atoms with Crippen LogP contribution in [-0.2, 0) is 6.42 Å². The fourth-order valence-corrected chi connectivity index (χ4v) is 4.40. The Morgan fingerprint density at radius 3 is 1.50 bits per heavy atom. The predicted octanol–water partition coefficient (Wildman–Crippen LogP) is 1.76. The van der Waals surface area contributed by atoms with E-state index in [4.69, 9.17) is 5.11 Å². The van der Waals surface area contributed by atoms with Crippen molar-refractivity contribution in [3.63, 3.8) is 0 Å². The number of anilines is 1. The number of nitrogens with zero attached hydrogens (tertiary/aromatic N) is 2. The molecule has 3 aromatic rings. The molecule has 0 spiro atoms. The first-order valence-corrected chi connectivity index (χ1v) is 10.1. The van der Waals surface area contributed by atoms with Gasteiger partial charge in [0.2, 0.25) is 0 Å². The van der Waals surface area contributed by atoms with E-state index in [-0.39, 0.29) is 42.0 Å².